The number of carbonyl (C=O) groups is 3. The topological polar surface area (TPSA) is 96.5 Å². The van der Waals surface area contributed by atoms with Crippen LogP contribution in [0.1, 0.15) is 37.6 Å². The van der Waals surface area contributed by atoms with Crippen molar-refractivity contribution in [3.8, 4) is 12.3 Å². The molecule has 3 amide bonds. The number of nitrogens with one attached hydrogen (secondary N) is 3. The highest BCUT2D eigenvalue weighted by Gasteiger charge is 2.16. The molecule has 1 aromatic carbocycles. The molecule has 7 nitrogen and oxygen atoms in total. The minimum atomic E-state index is -0.600. The van der Waals surface area contributed by atoms with Crippen molar-refractivity contribution in [2.45, 2.75) is 32.8 Å². The number of carbonyl (C=O) groups excluding carboxylic acids is 3. The lowest BCUT2D eigenvalue weighted by Gasteiger charge is -2.19. The first-order valence-corrected chi connectivity index (χ1v) is 7.80. The van der Waals surface area contributed by atoms with Crippen LogP contribution in [-0.2, 0) is 9.53 Å². The Morgan fingerprint density at radius 3 is 2.48 bits per heavy atom. The van der Waals surface area contributed by atoms with Crippen LogP contribution in [0.4, 0.5) is 10.5 Å². The molecule has 1 aromatic rings. The molecule has 0 unspecified atom stereocenters. The van der Waals surface area contributed by atoms with Crippen molar-refractivity contribution >= 4 is 23.6 Å². The van der Waals surface area contributed by atoms with Crippen LogP contribution >= 0.6 is 0 Å². The van der Waals surface area contributed by atoms with Gasteiger partial charge in [-0.05, 0) is 32.9 Å². The normalized spacial score (nSPS) is 10.3. The molecule has 0 aliphatic rings. The predicted molar refractivity (Wildman–Crippen MR) is 95.1 cm³/mol. The zero-order valence-electron chi connectivity index (χ0n) is 14.6. The van der Waals surface area contributed by atoms with Crippen molar-refractivity contribution in [3.05, 3.63) is 29.8 Å². The number of para-hydroxylation sites is 1. The predicted octanol–water partition coefficient (Wildman–Crippen LogP) is 1.90. The van der Waals surface area contributed by atoms with E-state index in [-0.39, 0.29) is 31.3 Å². The third kappa shape index (κ3) is 7.88. The number of benzene rings is 1. The summed E-state index contributed by atoms with van der Waals surface area (Å²) in [6.07, 6.45) is 4.56. The maximum Gasteiger partial charge on any atom is 0.407 e. The lowest BCUT2D eigenvalue weighted by Crippen LogP contribution is -2.34. The van der Waals surface area contributed by atoms with E-state index in [4.69, 9.17) is 11.2 Å². The summed E-state index contributed by atoms with van der Waals surface area (Å²) >= 11 is 0. The lowest BCUT2D eigenvalue weighted by atomic mass is 10.1. The van der Waals surface area contributed by atoms with Crippen LogP contribution in [0.3, 0.4) is 0 Å². The first-order chi connectivity index (χ1) is 11.7. The number of hydrogen-bond donors (Lipinski definition) is 3. The maximum atomic E-state index is 12.0. The van der Waals surface area contributed by atoms with E-state index in [1.807, 2.05) is 0 Å². The van der Waals surface area contributed by atoms with Crippen molar-refractivity contribution in [1.82, 2.24) is 10.6 Å². The number of amides is 3. The second kappa shape index (κ2) is 9.33. The molecular weight excluding hydrogens is 322 g/mol. The first kappa shape index (κ1) is 20.0. The standard InChI is InChI=1S/C18H23N3O4/c1-5-11-19-16(23)13-8-6-7-9-14(13)21-15(22)10-12-20-17(24)25-18(2,3)4/h1,6-9H,10-12H2,2-4H3,(H,19,23)(H,20,24)(H,21,22). The van der Waals surface area contributed by atoms with Crippen LogP contribution in [0.15, 0.2) is 24.3 Å². The van der Waals surface area contributed by atoms with Crippen LogP contribution in [0, 0.1) is 12.3 Å². The van der Waals surface area contributed by atoms with Gasteiger partial charge in [-0.25, -0.2) is 4.79 Å². The molecule has 7 heteroatoms. The number of ether oxygens (including phenoxy) is 1. The summed E-state index contributed by atoms with van der Waals surface area (Å²) in [5, 5.41) is 7.69. The maximum absolute atomic E-state index is 12.0. The molecule has 0 bridgehead atoms. The molecule has 3 N–H and O–H groups in total. The van der Waals surface area contributed by atoms with Gasteiger partial charge in [0.1, 0.15) is 5.60 Å². The van der Waals surface area contributed by atoms with Crippen molar-refractivity contribution in [2.75, 3.05) is 18.4 Å². The summed E-state index contributed by atoms with van der Waals surface area (Å²) in [5.41, 5.74) is 0.0855. The van der Waals surface area contributed by atoms with Crippen LogP contribution in [-0.4, -0.2) is 36.6 Å². The monoisotopic (exact) mass is 345 g/mol. The molecular formula is C18H23N3O4. The molecule has 0 saturated heterocycles. The zero-order chi connectivity index (χ0) is 18.9. The minimum Gasteiger partial charge on any atom is -0.444 e. The molecule has 1 rings (SSSR count). The van der Waals surface area contributed by atoms with Gasteiger partial charge in [-0.2, -0.15) is 0 Å². The molecule has 0 fully saturated rings. The van der Waals surface area contributed by atoms with Gasteiger partial charge in [0.2, 0.25) is 5.91 Å². The van der Waals surface area contributed by atoms with Gasteiger partial charge in [-0.3, -0.25) is 9.59 Å². The molecule has 0 spiro atoms. The first-order valence-electron chi connectivity index (χ1n) is 7.80. The van der Waals surface area contributed by atoms with Gasteiger partial charge in [0.05, 0.1) is 17.8 Å². The summed E-state index contributed by atoms with van der Waals surface area (Å²) in [6.45, 7) is 5.47. The minimum absolute atomic E-state index is 0.0412. The average molecular weight is 345 g/mol. The molecule has 0 aliphatic heterocycles. The zero-order valence-corrected chi connectivity index (χ0v) is 14.6. The second-order valence-electron chi connectivity index (χ2n) is 6.16. The summed E-state index contributed by atoms with van der Waals surface area (Å²) in [6, 6.07) is 6.58. The lowest BCUT2D eigenvalue weighted by molar-refractivity contribution is -0.116. The van der Waals surface area contributed by atoms with Crippen molar-refractivity contribution in [1.29, 1.82) is 0 Å². The molecule has 0 aliphatic carbocycles. The van der Waals surface area contributed by atoms with E-state index < -0.39 is 11.7 Å². The smallest absolute Gasteiger partial charge is 0.407 e. The SMILES string of the molecule is C#CCNC(=O)c1ccccc1NC(=O)CCNC(=O)OC(C)(C)C. The van der Waals surface area contributed by atoms with E-state index in [9.17, 15) is 14.4 Å². The van der Waals surface area contributed by atoms with Gasteiger partial charge in [0.25, 0.3) is 5.91 Å². The molecule has 25 heavy (non-hydrogen) atoms. The van der Waals surface area contributed by atoms with Crippen LogP contribution < -0.4 is 16.0 Å². The second-order valence-corrected chi connectivity index (χ2v) is 6.16. The number of hydrogen-bond acceptors (Lipinski definition) is 4. The third-order valence-electron chi connectivity index (χ3n) is 2.82. The van der Waals surface area contributed by atoms with Crippen LogP contribution in [0.2, 0.25) is 0 Å². The van der Waals surface area contributed by atoms with Crippen molar-refractivity contribution in [3.63, 3.8) is 0 Å². The van der Waals surface area contributed by atoms with Gasteiger partial charge in [0.15, 0.2) is 0 Å². The molecule has 134 valence electrons. The highest BCUT2D eigenvalue weighted by molar-refractivity contribution is 6.03. The Morgan fingerprint density at radius 1 is 1.16 bits per heavy atom. The van der Waals surface area contributed by atoms with Crippen LogP contribution in [0.5, 0.6) is 0 Å². The Bertz CT molecular complexity index is 672. The molecule has 0 radical (unpaired) electrons. The Kier molecular flexibility index (Phi) is 7.47. The molecule has 0 saturated carbocycles. The Morgan fingerprint density at radius 2 is 1.84 bits per heavy atom. The molecule has 0 aromatic heterocycles. The highest BCUT2D eigenvalue weighted by Crippen LogP contribution is 2.15. The largest absolute Gasteiger partial charge is 0.444 e. The van der Waals surface area contributed by atoms with E-state index in [1.54, 1.807) is 45.0 Å². The Hall–Kier alpha value is -3.01. The third-order valence-corrected chi connectivity index (χ3v) is 2.82. The van der Waals surface area contributed by atoms with Gasteiger partial charge in [-0.15, -0.1) is 6.42 Å². The summed E-state index contributed by atoms with van der Waals surface area (Å²) < 4.78 is 5.08. The molecule has 0 heterocycles. The van der Waals surface area contributed by atoms with Crippen molar-refractivity contribution < 1.29 is 19.1 Å². The van der Waals surface area contributed by atoms with Gasteiger partial charge in [0, 0.05) is 13.0 Å². The summed E-state index contributed by atoms with van der Waals surface area (Å²) in [4.78, 5) is 35.5. The van der Waals surface area contributed by atoms with Gasteiger partial charge in [-0.1, -0.05) is 18.1 Å². The number of terminal acetylenes is 1. The number of alkyl carbamates (subject to hydrolysis) is 1. The average Bonchev–Trinajstić information content (AvgIpc) is 2.51. The van der Waals surface area contributed by atoms with Gasteiger partial charge < -0.3 is 20.7 Å². The number of anilines is 1. The summed E-state index contributed by atoms with van der Waals surface area (Å²) in [7, 11) is 0. The highest BCUT2D eigenvalue weighted by atomic mass is 16.6. The Balaban J connectivity index is 2.54. The fraction of sp³-hybridized carbons (Fsp3) is 0.389. The van der Waals surface area contributed by atoms with Gasteiger partial charge >= 0.3 is 6.09 Å². The quantitative estimate of drug-likeness (QED) is 0.686. The van der Waals surface area contributed by atoms with E-state index in [0.717, 1.165) is 0 Å². The van der Waals surface area contributed by atoms with E-state index in [1.165, 1.54) is 0 Å². The fourth-order valence-electron chi connectivity index (χ4n) is 1.82. The Labute approximate surface area is 147 Å². The van der Waals surface area contributed by atoms with E-state index in [2.05, 4.69) is 21.9 Å². The van der Waals surface area contributed by atoms with Crippen molar-refractivity contribution in [2.24, 2.45) is 0 Å². The van der Waals surface area contributed by atoms with E-state index >= 15 is 0 Å². The fourth-order valence-corrected chi connectivity index (χ4v) is 1.82. The number of rotatable bonds is 6. The van der Waals surface area contributed by atoms with E-state index in [0.29, 0.717) is 11.3 Å². The van der Waals surface area contributed by atoms with Crippen LogP contribution in [0.25, 0.3) is 0 Å². The summed E-state index contributed by atoms with van der Waals surface area (Å²) in [5.74, 6) is 1.60. The molecule has 0 atom stereocenters.